The molecule has 0 saturated heterocycles. The number of ether oxygens (including phenoxy) is 1. The summed E-state index contributed by atoms with van der Waals surface area (Å²) in [6, 6.07) is 14.4. The van der Waals surface area contributed by atoms with Crippen molar-refractivity contribution in [2.24, 2.45) is 0 Å². The van der Waals surface area contributed by atoms with Gasteiger partial charge in [-0.3, -0.25) is 0 Å². The molecule has 3 nitrogen and oxygen atoms in total. The van der Waals surface area contributed by atoms with Crippen LogP contribution in [-0.2, 0) is 7.01 Å². The fourth-order valence-electron chi connectivity index (χ4n) is 1.59. The minimum atomic E-state index is -3.16. The molecular formula is C13H11IO3S. The zero-order valence-electron chi connectivity index (χ0n) is 9.63. The van der Waals surface area contributed by atoms with Crippen molar-refractivity contribution in [3.63, 3.8) is 0 Å². The maximum absolute atomic E-state index is 11.3. The quantitative estimate of drug-likeness (QED) is 0.610. The normalized spacial score (nSPS) is 11.2. The molecule has 0 radical (unpaired) electrons. The topological polar surface area (TPSA) is 43.4 Å². The molecule has 0 aliphatic rings. The van der Waals surface area contributed by atoms with Crippen molar-refractivity contribution in [2.45, 2.75) is 4.90 Å². The van der Waals surface area contributed by atoms with E-state index in [-0.39, 0.29) is 0 Å². The van der Waals surface area contributed by atoms with E-state index < -0.39 is 7.01 Å². The maximum Gasteiger partial charge on any atom is 0.231 e. The molecule has 0 aliphatic carbocycles. The van der Waals surface area contributed by atoms with E-state index in [0.717, 1.165) is 16.9 Å². The maximum atomic E-state index is 11.3. The van der Waals surface area contributed by atoms with E-state index >= 15 is 0 Å². The van der Waals surface area contributed by atoms with Gasteiger partial charge in [-0.05, 0) is 35.4 Å². The van der Waals surface area contributed by atoms with E-state index in [9.17, 15) is 8.42 Å². The SMILES string of the molecule is COc1ccc(-c2ccc(S(=O)(=O)I)cc2)cc1. The van der Waals surface area contributed by atoms with Crippen molar-refractivity contribution in [2.75, 3.05) is 7.11 Å². The highest BCUT2D eigenvalue weighted by molar-refractivity contribution is 14.2. The van der Waals surface area contributed by atoms with Crippen molar-refractivity contribution in [1.82, 2.24) is 0 Å². The first kappa shape index (κ1) is 13.4. The van der Waals surface area contributed by atoms with Crippen LogP contribution in [-0.4, -0.2) is 15.5 Å². The van der Waals surface area contributed by atoms with Crippen molar-refractivity contribution in [3.05, 3.63) is 48.5 Å². The summed E-state index contributed by atoms with van der Waals surface area (Å²) in [6.07, 6.45) is 0. The lowest BCUT2D eigenvalue weighted by molar-refractivity contribution is 0.415. The fraction of sp³-hybridized carbons (Fsp3) is 0.0769. The summed E-state index contributed by atoms with van der Waals surface area (Å²) in [6.45, 7) is 0. The highest BCUT2D eigenvalue weighted by Crippen LogP contribution is 2.25. The van der Waals surface area contributed by atoms with Gasteiger partial charge in [0.25, 0.3) is 0 Å². The Balaban J connectivity index is 2.34. The van der Waals surface area contributed by atoms with E-state index in [2.05, 4.69) is 0 Å². The average molecular weight is 374 g/mol. The summed E-state index contributed by atoms with van der Waals surface area (Å²) in [5, 5.41) is 0. The molecule has 0 aliphatic heterocycles. The zero-order chi connectivity index (χ0) is 13.2. The van der Waals surface area contributed by atoms with Gasteiger partial charge in [0.1, 0.15) is 5.75 Å². The van der Waals surface area contributed by atoms with Gasteiger partial charge in [0.15, 0.2) is 0 Å². The Morgan fingerprint density at radius 1 is 0.889 bits per heavy atom. The van der Waals surface area contributed by atoms with Gasteiger partial charge in [-0.25, -0.2) is 8.42 Å². The van der Waals surface area contributed by atoms with Crippen LogP contribution in [0.4, 0.5) is 0 Å². The van der Waals surface area contributed by atoms with Gasteiger partial charge in [-0.1, -0.05) is 24.3 Å². The third-order valence-electron chi connectivity index (χ3n) is 2.56. The van der Waals surface area contributed by atoms with Crippen LogP contribution in [0.1, 0.15) is 0 Å². The van der Waals surface area contributed by atoms with Gasteiger partial charge < -0.3 is 4.74 Å². The van der Waals surface area contributed by atoms with Gasteiger partial charge >= 0.3 is 0 Å². The second-order valence-corrected chi connectivity index (χ2v) is 8.52. The molecule has 0 spiro atoms. The molecule has 0 saturated carbocycles. The molecule has 0 aromatic heterocycles. The molecule has 0 fully saturated rings. The van der Waals surface area contributed by atoms with Gasteiger partial charge in [0.05, 0.1) is 33.2 Å². The summed E-state index contributed by atoms with van der Waals surface area (Å²) < 4.78 is 27.8. The monoisotopic (exact) mass is 374 g/mol. The van der Waals surface area contributed by atoms with Crippen LogP contribution < -0.4 is 4.74 Å². The van der Waals surface area contributed by atoms with E-state index in [1.165, 1.54) is 21.2 Å². The molecule has 5 heteroatoms. The van der Waals surface area contributed by atoms with Crippen molar-refractivity contribution in [3.8, 4) is 16.9 Å². The highest BCUT2D eigenvalue weighted by Gasteiger charge is 2.08. The predicted molar refractivity (Wildman–Crippen MR) is 79.6 cm³/mol. The second kappa shape index (κ2) is 5.27. The molecular weight excluding hydrogens is 363 g/mol. The van der Waals surface area contributed by atoms with Crippen molar-refractivity contribution in [1.29, 1.82) is 0 Å². The van der Waals surface area contributed by atoms with Crippen LogP contribution in [0.15, 0.2) is 53.4 Å². The Hall–Kier alpha value is -1.08. The molecule has 2 aromatic rings. The van der Waals surface area contributed by atoms with Gasteiger partial charge in [0.2, 0.25) is 7.01 Å². The predicted octanol–water partition coefficient (Wildman–Crippen LogP) is 3.49. The molecule has 0 amide bonds. The molecule has 18 heavy (non-hydrogen) atoms. The number of hydrogen-bond acceptors (Lipinski definition) is 3. The Labute approximate surface area is 118 Å². The minimum Gasteiger partial charge on any atom is -0.497 e. The molecule has 94 valence electrons. The molecule has 2 aromatic carbocycles. The van der Waals surface area contributed by atoms with Gasteiger partial charge in [-0.15, -0.1) is 0 Å². The Kier molecular flexibility index (Phi) is 3.91. The Bertz CT molecular complexity index is 631. The first-order chi connectivity index (χ1) is 8.50. The molecule has 0 unspecified atom stereocenters. The minimum absolute atomic E-state index is 0.320. The van der Waals surface area contributed by atoms with Gasteiger partial charge in [0, 0.05) is 0 Å². The van der Waals surface area contributed by atoms with E-state index in [4.69, 9.17) is 4.74 Å². The third kappa shape index (κ3) is 3.02. The summed E-state index contributed by atoms with van der Waals surface area (Å²) in [5.74, 6) is 0.796. The van der Waals surface area contributed by atoms with E-state index in [1.54, 1.807) is 31.4 Å². The largest absolute Gasteiger partial charge is 0.497 e. The molecule has 0 atom stereocenters. The lowest BCUT2D eigenvalue weighted by atomic mass is 10.1. The first-order valence-electron chi connectivity index (χ1n) is 5.20. The zero-order valence-corrected chi connectivity index (χ0v) is 12.6. The van der Waals surface area contributed by atoms with Crippen LogP contribution in [0.5, 0.6) is 5.75 Å². The molecule has 2 rings (SSSR count). The molecule has 0 bridgehead atoms. The summed E-state index contributed by atoms with van der Waals surface area (Å²) >= 11 is 1.43. The van der Waals surface area contributed by atoms with Crippen LogP contribution in [0.3, 0.4) is 0 Å². The fourth-order valence-corrected chi connectivity index (χ4v) is 2.94. The second-order valence-electron chi connectivity index (χ2n) is 3.69. The Morgan fingerprint density at radius 2 is 1.33 bits per heavy atom. The number of hydrogen-bond donors (Lipinski definition) is 0. The number of methoxy groups -OCH3 is 1. The number of rotatable bonds is 3. The Morgan fingerprint density at radius 3 is 1.72 bits per heavy atom. The third-order valence-corrected chi connectivity index (χ3v) is 4.92. The highest BCUT2D eigenvalue weighted by atomic mass is 127. The van der Waals surface area contributed by atoms with Crippen LogP contribution in [0, 0.1) is 0 Å². The van der Waals surface area contributed by atoms with Gasteiger partial charge in [-0.2, -0.15) is 0 Å². The number of halogens is 1. The van der Waals surface area contributed by atoms with Crippen molar-refractivity contribution >= 4 is 28.2 Å². The van der Waals surface area contributed by atoms with Crippen molar-refractivity contribution < 1.29 is 13.2 Å². The molecule has 0 N–H and O–H groups in total. The lowest BCUT2D eigenvalue weighted by Gasteiger charge is -2.04. The standard InChI is InChI=1S/C13H11IO3S/c1-17-12-6-2-10(3-7-12)11-4-8-13(9-5-11)18(14,15)16/h2-9H,1H3. The first-order valence-corrected chi connectivity index (χ1v) is 9.22. The van der Waals surface area contributed by atoms with E-state index in [0.29, 0.717) is 4.90 Å². The van der Waals surface area contributed by atoms with Crippen LogP contribution in [0.2, 0.25) is 0 Å². The molecule has 0 heterocycles. The average Bonchev–Trinajstić information content (AvgIpc) is 2.38. The van der Waals surface area contributed by atoms with Crippen LogP contribution in [0.25, 0.3) is 11.1 Å². The summed E-state index contributed by atoms with van der Waals surface area (Å²) in [7, 11) is -1.54. The van der Waals surface area contributed by atoms with Crippen LogP contribution >= 0.6 is 21.2 Å². The number of benzene rings is 2. The lowest BCUT2D eigenvalue weighted by Crippen LogP contribution is -1.89. The summed E-state index contributed by atoms with van der Waals surface area (Å²) in [4.78, 5) is 0.320. The smallest absolute Gasteiger partial charge is 0.231 e. The van der Waals surface area contributed by atoms with E-state index in [1.807, 2.05) is 24.3 Å². The summed E-state index contributed by atoms with van der Waals surface area (Å²) in [5.41, 5.74) is 2.00.